The van der Waals surface area contributed by atoms with Gasteiger partial charge in [-0.3, -0.25) is 4.31 Å². The van der Waals surface area contributed by atoms with E-state index in [-0.39, 0.29) is 23.0 Å². The molecular formula is C14H17NO5S. The quantitative estimate of drug-likeness (QED) is 0.912. The SMILES string of the molecule is COc1cccc(N(C)S(=O)(=O)c2cc(CO)oc2C)c1. The molecule has 0 radical (unpaired) electrons. The van der Waals surface area contributed by atoms with Crippen LogP contribution in [-0.4, -0.2) is 27.7 Å². The second kappa shape index (κ2) is 5.79. The monoisotopic (exact) mass is 311 g/mol. The van der Waals surface area contributed by atoms with Crippen LogP contribution in [0.2, 0.25) is 0 Å². The van der Waals surface area contributed by atoms with E-state index in [4.69, 9.17) is 14.3 Å². The van der Waals surface area contributed by atoms with Crippen LogP contribution in [0.25, 0.3) is 0 Å². The summed E-state index contributed by atoms with van der Waals surface area (Å²) in [5.41, 5.74) is 0.473. The highest BCUT2D eigenvalue weighted by atomic mass is 32.2. The Labute approximate surface area is 123 Å². The molecule has 7 heteroatoms. The molecular weight excluding hydrogens is 294 g/mol. The molecule has 0 aliphatic rings. The molecule has 1 aromatic heterocycles. The van der Waals surface area contributed by atoms with Crippen molar-refractivity contribution in [1.29, 1.82) is 0 Å². The minimum Gasteiger partial charge on any atom is -0.497 e. The number of sulfonamides is 1. The van der Waals surface area contributed by atoms with Gasteiger partial charge in [-0.1, -0.05) is 6.07 Å². The molecule has 0 saturated carbocycles. The second-order valence-electron chi connectivity index (χ2n) is 4.47. The van der Waals surface area contributed by atoms with Crippen molar-refractivity contribution in [2.24, 2.45) is 0 Å². The molecule has 1 heterocycles. The molecule has 0 spiro atoms. The van der Waals surface area contributed by atoms with Crippen LogP contribution in [0.3, 0.4) is 0 Å². The third-order valence-electron chi connectivity index (χ3n) is 3.13. The van der Waals surface area contributed by atoms with Gasteiger partial charge in [0, 0.05) is 19.2 Å². The average molecular weight is 311 g/mol. The van der Waals surface area contributed by atoms with Crippen molar-refractivity contribution in [2.75, 3.05) is 18.5 Å². The first kappa shape index (κ1) is 15.4. The van der Waals surface area contributed by atoms with Crippen molar-refractivity contribution < 1.29 is 22.7 Å². The lowest BCUT2D eigenvalue weighted by Crippen LogP contribution is -2.26. The summed E-state index contributed by atoms with van der Waals surface area (Å²) in [7, 11) is -0.795. The van der Waals surface area contributed by atoms with Crippen LogP contribution in [0, 0.1) is 6.92 Å². The summed E-state index contributed by atoms with van der Waals surface area (Å²) in [6.07, 6.45) is 0. The van der Waals surface area contributed by atoms with Crippen LogP contribution in [0.1, 0.15) is 11.5 Å². The van der Waals surface area contributed by atoms with E-state index in [0.717, 1.165) is 4.31 Å². The lowest BCUT2D eigenvalue weighted by Gasteiger charge is -2.19. The number of ether oxygens (including phenoxy) is 1. The van der Waals surface area contributed by atoms with E-state index < -0.39 is 10.0 Å². The molecule has 114 valence electrons. The minimum atomic E-state index is -3.76. The van der Waals surface area contributed by atoms with E-state index in [2.05, 4.69) is 0 Å². The van der Waals surface area contributed by atoms with Gasteiger partial charge < -0.3 is 14.3 Å². The fourth-order valence-corrected chi connectivity index (χ4v) is 3.32. The van der Waals surface area contributed by atoms with E-state index in [1.165, 1.54) is 20.2 Å². The Balaban J connectivity index is 2.44. The van der Waals surface area contributed by atoms with Crippen molar-refractivity contribution in [1.82, 2.24) is 0 Å². The molecule has 0 bridgehead atoms. The molecule has 1 N–H and O–H groups in total. The van der Waals surface area contributed by atoms with Gasteiger partial charge in [-0.25, -0.2) is 8.42 Å². The van der Waals surface area contributed by atoms with Crippen molar-refractivity contribution in [3.05, 3.63) is 41.9 Å². The lowest BCUT2D eigenvalue weighted by atomic mass is 10.3. The van der Waals surface area contributed by atoms with E-state index in [1.807, 2.05) is 0 Å². The Kier molecular flexibility index (Phi) is 4.24. The van der Waals surface area contributed by atoms with Crippen molar-refractivity contribution in [2.45, 2.75) is 18.4 Å². The zero-order valence-corrected chi connectivity index (χ0v) is 12.8. The Morgan fingerprint density at radius 3 is 2.62 bits per heavy atom. The lowest BCUT2D eigenvalue weighted by molar-refractivity contribution is 0.244. The van der Waals surface area contributed by atoms with Gasteiger partial charge in [0.15, 0.2) is 0 Å². The van der Waals surface area contributed by atoms with Gasteiger partial charge in [0.05, 0.1) is 12.8 Å². The predicted octanol–water partition coefficient (Wildman–Crippen LogP) is 1.91. The van der Waals surface area contributed by atoms with Gasteiger partial charge in [-0.2, -0.15) is 0 Å². The number of aryl methyl sites for hydroxylation is 1. The summed E-state index contributed by atoms with van der Waals surface area (Å²) in [6.45, 7) is 1.20. The number of methoxy groups -OCH3 is 1. The number of aliphatic hydroxyl groups excluding tert-OH is 1. The second-order valence-corrected chi connectivity index (χ2v) is 6.40. The largest absolute Gasteiger partial charge is 0.497 e. The number of rotatable bonds is 5. The molecule has 1 aromatic carbocycles. The smallest absolute Gasteiger partial charge is 0.267 e. The number of hydrogen-bond donors (Lipinski definition) is 1. The summed E-state index contributed by atoms with van der Waals surface area (Å²) in [5.74, 6) is 1.02. The fourth-order valence-electron chi connectivity index (χ4n) is 1.95. The Morgan fingerprint density at radius 2 is 2.05 bits per heavy atom. The van der Waals surface area contributed by atoms with Crippen LogP contribution in [0.15, 0.2) is 39.6 Å². The molecule has 0 aliphatic carbocycles. The summed E-state index contributed by atoms with van der Waals surface area (Å²) in [4.78, 5) is 0.0388. The molecule has 0 aliphatic heterocycles. The Hall–Kier alpha value is -1.99. The molecule has 0 atom stereocenters. The molecule has 6 nitrogen and oxygen atoms in total. The molecule has 0 saturated heterocycles. The van der Waals surface area contributed by atoms with Gasteiger partial charge in [0.1, 0.15) is 28.8 Å². The normalized spacial score (nSPS) is 11.4. The summed E-state index contributed by atoms with van der Waals surface area (Å²) in [5, 5.41) is 9.05. The van der Waals surface area contributed by atoms with E-state index in [0.29, 0.717) is 11.4 Å². The molecule has 0 unspecified atom stereocenters. The molecule has 0 fully saturated rings. The van der Waals surface area contributed by atoms with Crippen molar-refractivity contribution in [3.8, 4) is 5.75 Å². The maximum atomic E-state index is 12.6. The summed E-state index contributed by atoms with van der Waals surface area (Å²) < 4.78 is 36.7. The van der Waals surface area contributed by atoms with Crippen molar-refractivity contribution in [3.63, 3.8) is 0 Å². The van der Waals surface area contributed by atoms with Crippen LogP contribution < -0.4 is 9.04 Å². The average Bonchev–Trinajstić information content (AvgIpc) is 2.88. The topological polar surface area (TPSA) is 80.0 Å². The summed E-state index contributed by atoms with van der Waals surface area (Å²) >= 11 is 0. The van der Waals surface area contributed by atoms with Crippen LogP contribution >= 0.6 is 0 Å². The van der Waals surface area contributed by atoms with E-state index in [9.17, 15) is 8.42 Å². The predicted molar refractivity (Wildman–Crippen MR) is 78.0 cm³/mol. The number of furan rings is 1. The first-order valence-corrected chi connectivity index (χ1v) is 7.67. The van der Waals surface area contributed by atoms with Crippen LogP contribution in [0.4, 0.5) is 5.69 Å². The number of anilines is 1. The number of benzene rings is 1. The molecule has 2 rings (SSSR count). The van der Waals surface area contributed by atoms with Gasteiger partial charge in [-0.05, 0) is 19.1 Å². The van der Waals surface area contributed by atoms with Gasteiger partial charge in [0.25, 0.3) is 10.0 Å². The third-order valence-corrected chi connectivity index (χ3v) is 5.03. The molecule has 21 heavy (non-hydrogen) atoms. The third kappa shape index (κ3) is 2.88. The maximum absolute atomic E-state index is 12.6. The van der Waals surface area contributed by atoms with Crippen LogP contribution in [0.5, 0.6) is 5.75 Å². The van der Waals surface area contributed by atoms with Crippen LogP contribution in [-0.2, 0) is 16.6 Å². The Bertz CT molecular complexity index is 736. The number of nitrogens with zero attached hydrogens (tertiary/aromatic N) is 1. The standard InChI is InChI=1S/C14H17NO5S/c1-10-14(8-13(9-16)20-10)21(17,18)15(2)11-5-4-6-12(7-11)19-3/h4-8,16H,9H2,1-3H3. The summed E-state index contributed by atoms with van der Waals surface area (Å²) in [6, 6.07) is 8.07. The van der Waals surface area contributed by atoms with Gasteiger partial charge in [-0.15, -0.1) is 0 Å². The van der Waals surface area contributed by atoms with E-state index >= 15 is 0 Å². The first-order chi connectivity index (χ1) is 9.90. The Morgan fingerprint density at radius 1 is 1.33 bits per heavy atom. The highest BCUT2D eigenvalue weighted by Gasteiger charge is 2.26. The fraction of sp³-hybridized carbons (Fsp3) is 0.286. The minimum absolute atomic E-state index is 0.0388. The highest BCUT2D eigenvalue weighted by Crippen LogP contribution is 2.28. The maximum Gasteiger partial charge on any atom is 0.267 e. The van der Waals surface area contributed by atoms with Gasteiger partial charge in [0.2, 0.25) is 0 Å². The number of hydrogen-bond acceptors (Lipinski definition) is 5. The zero-order chi connectivity index (χ0) is 15.6. The molecule has 0 amide bonds. The highest BCUT2D eigenvalue weighted by molar-refractivity contribution is 7.92. The van der Waals surface area contributed by atoms with Crippen molar-refractivity contribution >= 4 is 15.7 Å². The zero-order valence-electron chi connectivity index (χ0n) is 12.0. The van der Waals surface area contributed by atoms with E-state index in [1.54, 1.807) is 31.2 Å². The van der Waals surface area contributed by atoms with Gasteiger partial charge >= 0.3 is 0 Å². The molecule has 2 aromatic rings. The number of aliphatic hydroxyl groups is 1. The first-order valence-electron chi connectivity index (χ1n) is 6.23.